The van der Waals surface area contributed by atoms with Gasteiger partial charge >= 0.3 is 0 Å². The molecule has 0 unspecified atom stereocenters. The summed E-state index contributed by atoms with van der Waals surface area (Å²) in [5.41, 5.74) is 6.74. The van der Waals surface area contributed by atoms with Gasteiger partial charge in [-0.25, -0.2) is 9.07 Å². The summed E-state index contributed by atoms with van der Waals surface area (Å²) in [7, 11) is 0. The zero-order valence-corrected chi connectivity index (χ0v) is 11.0. The Morgan fingerprint density at radius 1 is 1.37 bits per heavy atom. The number of aromatic nitrogens is 4. The van der Waals surface area contributed by atoms with Gasteiger partial charge in [0.25, 0.3) is 0 Å². The lowest BCUT2D eigenvalue weighted by atomic mass is 9.98. The second kappa shape index (κ2) is 4.01. The molecule has 1 aliphatic rings. The third-order valence-electron chi connectivity index (χ3n) is 3.85. The van der Waals surface area contributed by atoms with Crippen LogP contribution in [0.1, 0.15) is 26.7 Å². The Morgan fingerprint density at radius 3 is 2.79 bits per heavy atom. The molecule has 0 radical (unpaired) electrons. The van der Waals surface area contributed by atoms with Crippen LogP contribution in [-0.4, -0.2) is 20.2 Å². The van der Waals surface area contributed by atoms with Gasteiger partial charge in [0, 0.05) is 11.3 Å². The van der Waals surface area contributed by atoms with Crippen molar-refractivity contribution in [3.05, 3.63) is 24.0 Å². The molecule has 0 saturated heterocycles. The van der Waals surface area contributed by atoms with Gasteiger partial charge < -0.3 is 5.73 Å². The summed E-state index contributed by atoms with van der Waals surface area (Å²) in [4.78, 5) is 0. The monoisotopic (exact) mass is 261 g/mol. The fourth-order valence-corrected chi connectivity index (χ4v) is 2.43. The molecule has 1 fully saturated rings. The van der Waals surface area contributed by atoms with E-state index in [1.807, 2.05) is 0 Å². The van der Waals surface area contributed by atoms with E-state index in [2.05, 4.69) is 29.4 Å². The van der Waals surface area contributed by atoms with Crippen LogP contribution < -0.4 is 5.73 Å². The minimum atomic E-state index is -0.344. The van der Waals surface area contributed by atoms with Crippen LogP contribution in [0.25, 0.3) is 11.4 Å². The van der Waals surface area contributed by atoms with Crippen LogP contribution in [0, 0.1) is 11.7 Å². The highest BCUT2D eigenvalue weighted by atomic mass is 19.1. The Labute approximate surface area is 110 Å². The topological polar surface area (TPSA) is 69.6 Å². The van der Waals surface area contributed by atoms with Crippen LogP contribution in [0.15, 0.2) is 18.2 Å². The molecule has 1 saturated carbocycles. The highest BCUT2D eigenvalue weighted by Gasteiger charge is 2.41. The van der Waals surface area contributed by atoms with Crippen molar-refractivity contribution in [2.24, 2.45) is 5.92 Å². The standard InChI is InChI=1S/C13H16FN5/c1-13(2,8-3-4-8)19-12(16-17-18-19)10-7-9(14)5-6-11(10)15/h5-8H,3-4,15H2,1-2H3. The van der Waals surface area contributed by atoms with Crippen molar-refractivity contribution >= 4 is 5.69 Å². The minimum Gasteiger partial charge on any atom is -0.398 e. The lowest BCUT2D eigenvalue weighted by Crippen LogP contribution is -2.30. The number of nitrogens with two attached hydrogens (primary N) is 1. The van der Waals surface area contributed by atoms with E-state index in [0.717, 1.165) is 0 Å². The third kappa shape index (κ3) is 1.97. The van der Waals surface area contributed by atoms with E-state index < -0.39 is 0 Å². The number of halogens is 1. The summed E-state index contributed by atoms with van der Waals surface area (Å²) in [6.07, 6.45) is 2.34. The molecule has 3 rings (SSSR count). The van der Waals surface area contributed by atoms with E-state index in [1.54, 1.807) is 4.68 Å². The number of nitrogen functional groups attached to an aromatic ring is 1. The average molecular weight is 261 g/mol. The molecule has 1 aromatic carbocycles. The maximum absolute atomic E-state index is 13.4. The van der Waals surface area contributed by atoms with Gasteiger partial charge in [-0.3, -0.25) is 0 Å². The molecule has 1 heterocycles. The predicted molar refractivity (Wildman–Crippen MR) is 69.7 cm³/mol. The molecule has 100 valence electrons. The Hall–Kier alpha value is -1.98. The summed E-state index contributed by atoms with van der Waals surface area (Å²) < 4.78 is 15.2. The van der Waals surface area contributed by atoms with Crippen molar-refractivity contribution in [3.63, 3.8) is 0 Å². The summed E-state index contributed by atoms with van der Waals surface area (Å²) in [5.74, 6) is 0.737. The van der Waals surface area contributed by atoms with Crippen LogP contribution in [0.2, 0.25) is 0 Å². The first-order valence-corrected chi connectivity index (χ1v) is 6.34. The molecule has 1 aliphatic carbocycles. The van der Waals surface area contributed by atoms with E-state index >= 15 is 0 Å². The molecule has 19 heavy (non-hydrogen) atoms. The number of nitrogens with zero attached hydrogens (tertiary/aromatic N) is 4. The molecule has 6 heteroatoms. The van der Waals surface area contributed by atoms with Crippen LogP contribution in [0.5, 0.6) is 0 Å². The van der Waals surface area contributed by atoms with E-state index in [-0.39, 0.29) is 11.4 Å². The van der Waals surface area contributed by atoms with Crippen molar-refractivity contribution < 1.29 is 4.39 Å². The predicted octanol–water partition coefficient (Wildman–Crippen LogP) is 2.21. The van der Waals surface area contributed by atoms with Crippen LogP contribution in [0.3, 0.4) is 0 Å². The number of tetrazole rings is 1. The fraction of sp³-hybridized carbons (Fsp3) is 0.462. The van der Waals surface area contributed by atoms with Gasteiger partial charge in [0.05, 0.1) is 5.54 Å². The number of hydrogen-bond acceptors (Lipinski definition) is 4. The number of rotatable bonds is 3. The molecule has 0 amide bonds. The molecule has 5 nitrogen and oxygen atoms in total. The van der Waals surface area contributed by atoms with Crippen molar-refractivity contribution in [3.8, 4) is 11.4 Å². The minimum absolute atomic E-state index is 0.183. The molecular formula is C13H16FN5. The average Bonchev–Trinajstić information content (AvgIpc) is 3.11. The number of hydrogen-bond donors (Lipinski definition) is 1. The largest absolute Gasteiger partial charge is 0.398 e. The molecule has 2 aromatic rings. The van der Waals surface area contributed by atoms with Gasteiger partial charge in [-0.1, -0.05) is 0 Å². The van der Waals surface area contributed by atoms with E-state index in [1.165, 1.54) is 31.0 Å². The Kier molecular flexibility index (Phi) is 2.55. The summed E-state index contributed by atoms with van der Waals surface area (Å²) in [6, 6.07) is 4.24. The highest BCUT2D eigenvalue weighted by Crippen LogP contribution is 2.44. The van der Waals surface area contributed by atoms with Crippen molar-refractivity contribution in [1.29, 1.82) is 0 Å². The van der Waals surface area contributed by atoms with Crippen molar-refractivity contribution in [1.82, 2.24) is 20.2 Å². The lowest BCUT2D eigenvalue weighted by Gasteiger charge is -2.25. The lowest BCUT2D eigenvalue weighted by molar-refractivity contribution is 0.271. The van der Waals surface area contributed by atoms with Crippen LogP contribution >= 0.6 is 0 Å². The highest BCUT2D eigenvalue weighted by molar-refractivity contribution is 5.71. The maximum Gasteiger partial charge on any atom is 0.184 e. The first-order chi connectivity index (χ1) is 9.00. The molecule has 0 atom stereocenters. The summed E-state index contributed by atoms with van der Waals surface area (Å²) in [6.45, 7) is 4.19. The number of benzene rings is 1. The molecule has 1 aromatic heterocycles. The molecule has 0 spiro atoms. The summed E-state index contributed by atoms with van der Waals surface area (Å²) >= 11 is 0. The van der Waals surface area contributed by atoms with Gasteiger partial charge in [-0.05, 0) is 61.2 Å². The Balaban J connectivity index is 2.11. The molecule has 0 aliphatic heterocycles. The normalized spacial score (nSPS) is 15.7. The first-order valence-electron chi connectivity index (χ1n) is 6.34. The SMILES string of the molecule is CC(C)(C1CC1)n1nnnc1-c1cc(F)ccc1N. The zero-order valence-electron chi connectivity index (χ0n) is 11.0. The van der Waals surface area contributed by atoms with E-state index in [4.69, 9.17) is 5.73 Å². The second-order valence-electron chi connectivity index (χ2n) is 5.57. The maximum atomic E-state index is 13.4. The van der Waals surface area contributed by atoms with Gasteiger partial charge in [-0.2, -0.15) is 0 Å². The van der Waals surface area contributed by atoms with Crippen molar-refractivity contribution in [2.75, 3.05) is 5.73 Å². The fourth-order valence-electron chi connectivity index (χ4n) is 2.43. The third-order valence-corrected chi connectivity index (χ3v) is 3.85. The quantitative estimate of drug-likeness (QED) is 0.860. The Bertz CT molecular complexity index is 615. The second-order valence-corrected chi connectivity index (χ2v) is 5.57. The van der Waals surface area contributed by atoms with Gasteiger partial charge in [0.2, 0.25) is 0 Å². The summed E-state index contributed by atoms with van der Waals surface area (Å²) in [5, 5.41) is 11.8. The van der Waals surface area contributed by atoms with E-state index in [0.29, 0.717) is 23.0 Å². The zero-order chi connectivity index (χ0) is 13.6. The molecule has 2 N–H and O–H groups in total. The first kappa shape index (κ1) is 12.1. The smallest absolute Gasteiger partial charge is 0.184 e. The van der Waals surface area contributed by atoms with Crippen LogP contribution in [0.4, 0.5) is 10.1 Å². The van der Waals surface area contributed by atoms with E-state index in [9.17, 15) is 4.39 Å². The van der Waals surface area contributed by atoms with Gasteiger partial charge in [-0.15, -0.1) is 5.10 Å². The number of anilines is 1. The molecular weight excluding hydrogens is 245 g/mol. The van der Waals surface area contributed by atoms with Crippen molar-refractivity contribution in [2.45, 2.75) is 32.2 Å². The van der Waals surface area contributed by atoms with Gasteiger partial charge in [0.15, 0.2) is 5.82 Å². The Morgan fingerprint density at radius 2 is 2.11 bits per heavy atom. The van der Waals surface area contributed by atoms with Gasteiger partial charge in [0.1, 0.15) is 5.82 Å². The molecule has 0 bridgehead atoms. The van der Waals surface area contributed by atoms with Crippen LogP contribution in [-0.2, 0) is 5.54 Å².